The average Bonchev–Trinajstić information content (AvgIpc) is 3.28. The number of likely N-dealkylation sites (N-methyl/N-ethyl adjacent to an activating group) is 1. The third kappa shape index (κ3) is 12.3. The molecule has 1 atom stereocenters. The van der Waals surface area contributed by atoms with Crippen molar-refractivity contribution in [3.63, 3.8) is 0 Å². The molecule has 2 aliphatic rings. The summed E-state index contributed by atoms with van der Waals surface area (Å²) in [6.45, 7) is 6.51. The Morgan fingerprint density at radius 3 is 2.17 bits per heavy atom. The van der Waals surface area contributed by atoms with Gasteiger partial charge >= 0.3 is 41.5 Å². The van der Waals surface area contributed by atoms with Gasteiger partial charge in [-0.05, 0) is 79.7 Å². The molecule has 268 valence electrons. The Hall–Kier alpha value is -2.97. The number of carbonyl (C=O) groups is 3. The van der Waals surface area contributed by atoms with Gasteiger partial charge in [0, 0.05) is 70.3 Å². The minimum atomic E-state index is -1.26. The number of aryl methyl sites for hydroxylation is 1. The van der Waals surface area contributed by atoms with Crippen molar-refractivity contribution in [2.75, 3.05) is 44.8 Å². The number of para-hydroxylation sites is 1. The van der Waals surface area contributed by atoms with Crippen LogP contribution in [0, 0.1) is 6.92 Å². The predicted molar refractivity (Wildman–Crippen MR) is 204 cm³/mol. The van der Waals surface area contributed by atoms with Crippen molar-refractivity contribution in [1.82, 2.24) is 9.80 Å². The van der Waals surface area contributed by atoms with E-state index in [4.69, 9.17) is 33.4 Å². The van der Waals surface area contributed by atoms with Crippen LogP contribution < -0.4 is 40.0 Å². The number of fused-ring (bicyclic) bond motifs is 2. The van der Waals surface area contributed by atoms with Crippen molar-refractivity contribution in [2.24, 2.45) is 0 Å². The molecule has 4 aromatic carbocycles. The van der Waals surface area contributed by atoms with Crippen molar-refractivity contribution in [3.8, 4) is 0 Å². The number of carbonyl (C=O) groups excluding carboxylic acids is 1. The largest absolute Gasteiger partial charge is 1.00 e. The molecule has 2 heterocycles. The van der Waals surface area contributed by atoms with E-state index in [0.717, 1.165) is 25.1 Å². The summed E-state index contributed by atoms with van der Waals surface area (Å²) in [4.78, 5) is 39.5. The number of piperazine rings is 1. The number of nitrogens with one attached hydrogen (secondary N) is 1. The summed E-state index contributed by atoms with van der Waals surface area (Å²) in [5.41, 5.74) is 4.78. The molecule has 0 amide bonds. The standard InChI is InChI=1S/C20H24N2S2.C14H11Cl2NO2.C4H4O4.Na/c1-21-9-11-22(12-10-21)18-13-15-5-3-4-6-19(15)24-20-8-7-16(23-2)14-17(18)20;1-8-6-7-10(15)13(12(8)16)17-11-5-3-2-4-9(11)14(18)19;5-3(6)1-2-4(7)8;/h3-8,14,18H,9-13H2,1-2H3;2-7,17H,1H3,(H,18,19);1-2H,(H,5,6)(H,7,8);/q;;;+1/p-1. The van der Waals surface area contributed by atoms with Crippen molar-refractivity contribution >= 4 is 76.0 Å². The molecule has 0 bridgehead atoms. The first-order valence-electron chi connectivity index (χ1n) is 15.9. The summed E-state index contributed by atoms with van der Waals surface area (Å²) in [5.74, 6) is -3.78. The van der Waals surface area contributed by atoms with E-state index < -0.39 is 17.9 Å². The Bertz CT molecular complexity index is 1890. The number of hydrogen-bond donors (Lipinski definition) is 3. The van der Waals surface area contributed by atoms with Gasteiger partial charge in [-0.3, -0.25) is 4.90 Å². The van der Waals surface area contributed by atoms with Crippen LogP contribution in [0.1, 0.15) is 33.1 Å². The fourth-order valence-electron chi connectivity index (χ4n) is 5.49. The van der Waals surface area contributed by atoms with E-state index in [2.05, 4.69) is 70.9 Å². The maximum atomic E-state index is 11.0. The molecule has 0 aromatic heterocycles. The average molecular weight is 791 g/mol. The number of anilines is 2. The number of thioether (sulfide) groups is 1. The van der Waals surface area contributed by atoms with E-state index in [1.54, 1.807) is 30.3 Å². The number of hydrogen-bond acceptors (Lipinski definition) is 9. The van der Waals surface area contributed by atoms with Gasteiger partial charge in [-0.25, -0.2) is 9.59 Å². The molecule has 52 heavy (non-hydrogen) atoms. The van der Waals surface area contributed by atoms with Gasteiger partial charge in [0.05, 0.1) is 21.7 Å². The molecule has 6 rings (SSSR count). The zero-order valence-corrected chi connectivity index (χ0v) is 34.4. The SMILES string of the molecule is CSc1ccc2c(c1)C(N1CCN(C)CC1)Cc1ccccc1S2.Cc1ccc(Cl)c(Nc2ccccc2C(=O)[O-])c1Cl.O=C(O)C=CC(=O)O.[Na+]. The molecular formula is C38H38Cl2N3NaO6S2. The van der Waals surface area contributed by atoms with Gasteiger partial charge in [-0.1, -0.05) is 77.4 Å². The smallest absolute Gasteiger partial charge is 0.545 e. The predicted octanol–water partition coefficient (Wildman–Crippen LogP) is 4.53. The molecule has 9 nitrogen and oxygen atoms in total. The Labute approximate surface area is 344 Å². The molecule has 1 saturated heterocycles. The summed E-state index contributed by atoms with van der Waals surface area (Å²) >= 11 is 16.0. The molecular weight excluding hydrogens is 752 g/mol. The number of nitrogens with zero attached hydrogens (tertiary/aromatic N) is 2. The minimum Gasteiger partial charge on any atom is -0.545 e. The third-order valence-corrected chi connectivity index (χ3v) is 11.0. The van der Waals surface area contributed by atoms with Crippen LogP contribution in [0.25, 0.3) is 0 Å². The first-order valence-corrected chi connectivity index (χ1v) is 18.7. The summed E-state index contributed by atoms with van der Waals surface area (Å²) in [7, 11) is 2.23. The van der Waals surface area contributed by atoms with E-state index in [1.807, 2.05) is 30.4 Å². The van der Waals surface area contributed by atoms with Crippen LogP contribution in [0.4, 0.5) is 11.4 Å². The van der Waals surface area contributed by atoms with E-state index in [-0.39, 0.29) is 35.1 Å². The maximum Gasteiger partial charge on any atom is 1.00 e. The van der Waals surface area contributed by atoms with Gasteiger partial charge in [0.25, 0.3) is 0 Å². The number of benzene rings is 4. The number of carboxylic acid groups (broad SMARTS) is 3. The molecule has 2 aliphatic heterocycles. The van der Waals surface area contributed by atoms with Gasteiger partial charge in [-0.2, -0.15) is 0 Å². The van der Waals surface area contributed by atoms with Gasteiger partial charge in [0.15, 0.2) is 0 Å². The van der Waals surface area contributed by atoms with Crippen molar-refractivity contribution < 1.29 is 59.3 Å². The summed E-state index contributed by atoms with van der Waals surface area (Å²) in [6.07, 6.45) is 4.41. The van der Waals surface area contributed by atoms with Gasteiger partial charge in [0.1, 0.15) is 0 Å². The number of aliphatic carboxylic acids is 2. The van der Waals surface area contributed by atoms with Crippen LogP contribution in [0.2, 0.25) is 10.0 Å². The number of rotatable bonds is 7. The molecule has 1 fully saturated rings. The third-order valence-electron chi connectivity index (χ3n) is 8.22. The molecule has 4 aromatic rings. The fraction of sp³-hybridized carbons (Fsp3) is 0.237. The molecule has 1 unspecified atom stereocenters. The Morgan fingerprint density at radius 2 is 1.54 bits per heavy atom. The summed E-state index contributed by atoms with van der Waals surface area (Å²) in [6, 6.07) is 26.4. The second-order valence-electron chi connectivity index (χ2n) is 11.7. The second kappa shape index (κ2) is 21.1. The van der Waals surface area contributed by atoms with E-state index in [1.165, 1.54) is 45.0 Å². The second-order valence-corrected chi connectivity index (χ2v) is 14.4. The minimum absolute atomic E-state index is 0. The monoisotopic (exact) mass is 789 g/mol. The summed E-state index contributed by atoms with van der Waals surface area (Å²) < 4.78 is 0. The van der Waals surface area contributed by atoms with Crippen LogP contribution in [-0.2, 0) is 16.0 Å². The van der Waals surface area contributed by atoms with Crippen LogP contribution in [0.3, 0.4) is 0 Å². The topological polar surface area (TPSA) is 133 Å². The van der Waals surface area contributed by atoms with Gasteiger partial charge in [-0.15, -0.1) is 11.8 Å². The molecule has 14 heteroatoms. The first-order chi connectivity index (χ1) is 24.4. The number of halogens is 2. The first kappa shape index (κ1) is 43.4. The van der Waals surface area contributed by atoms with Gasteiger partial charge in [0.2, 0.25) is 0 Å². The normalized spacial score (nSPS) is 15.3. The van der Waals surface area contributed by atoms with Crippen LogP contribution in [0.15, 0.2) is 106 Å². The van der Waals surface area contributed by atoms with Gasteiger partial charge < -0.3 is 30.3 Å². The van der Waals surface area contributed by atoms with Crippen molar-refractivity contribution in [2.45, 2.75) is 34.1 Å². The number of carboxylic acids is 3. The quantitative estimate of drug-likeness (QED) is 0.139. The number of aromatic carboxylic acids is 1. The molecule has 0 saturated carbocycles. The van der Waals surface area contributed by atoms with E-state index in [9.17, 15) is 19.5 Å². The molecule has 3 N–H and O–H groups in total. The van der Waals surface area contributed by atoms with Crippen LogP contribution >= 0.6 is 46.7 Å². The Balaban J connectivity index is 0.000000233. The Morgan fingerprint density at radius 1 is 0.904 bits per heavy atom. The molecule has 0 radical (unpaired) electrons. The molecule has 0 aliphatic carbocycles. The van der Waals surface area contributed by atoms with Crippen LogP contribution in [0.5, 0.6) is 0 Å². The van der Waals surface area contributed by atoms with E-state index in [0.29, 0.717) is 39.6 Å². The van der Waals surface area contributed by atoms with Crippen molar-refractivity contribution in [3.05, 3.63) is 123 Å². The Kier molecular flexibility index (Phi) is 17.6. The van der Waals surface area contributed by atoms with E-state index >= 15 is 0 Å². The fourth-order valence-corrected chi connectivity index (χ4v) is 7.52. The zero-order chi connectivity index (χ0) is 37.1. The maximum absolute atomic E-state index is 11.0. The molecule has 0 spiro atoms. The van der Waals surface area contributed by atoms with Crippen molar-refractivity contribution in [1.29, 1.82) is 0 Å². The zero-order valence-electron chi connectivity index (χ0n) is 29.3. The summed E-state index contributed by atoms with van der Waals surface area (Å²) in [5, 5.41) is 30.5. The van der Waals surface area contributed by atoms with Crippen LogP contribution in [-0.4, -0.2) is 77.4 Å².